The maximum absolute atomic E-state index is 10.7. The molecule has 0 amide bonds. The number of halogens is 6. The molecule has 0 aromatic heterocycles. The van der Waals surface area contributed by atoms with E-state index in [2.05, 4.69) is 28.2 Å². The van der Waals surface area contributed by atoms with Gasteiger partial charge < -0.3 is 5.91 Å². The molecule has 0 unspecified atom stereocenters. The minimum atomic E-state index is -10.7. The maximum atomic E-state index is 9.87. The van der Waals surface area contributed by atoms with E-state index < -0.39 is 7.81 Å². The van der Waals surface area contributed by atoms with Crippen LogP contribution in [0.15, 0.2) is 0 Å². The van der Waals surface area contributed by atoms with Crippen LogP contribution in [-0.2, 0) is 0 Å². The second kappa shape index (κ2) is 3.62. The molecule has 0 aliphatic carbocycles. The summed E-state index contributed by atoms with van der Waals surface area (Å²) in [7, 11) is -2.16. The summed E-state index contributed by atoms with van der Waals surface area (Å²) < 4.78 is 60.2. The molecule has 0 spiro atoms. The molecule has 0 saturated heterocycles. The summed E-state index contributed by atoms with van der Waals surface area (Å²) in [4.78, 5) is 0. The summed E-state index contributed by atoms with van der Waals surface area (Å²) in [6.45, 7) is 0. The van der Waals surface area contributed by atoms with Gasteiger partial charge in [-0.1, -0.05) is 0 Å². The predicted molar refractivity (Wildman–Crippen MR) is 38.6 cm³/mol. The fourth-order valence-corrected chi connectivity index (χ4v) is 0. The molecule has 0 heterocycles. The van der Waals surface area contributed by atoms with E-state index in [9.17, 15) is 25.2 Å². The molecule has 13 heavy (non-hydrogen) atoms. The molecule has 0 rings (SSSR count). The van der Waals surface area contributed by atoms with E-state index >= 15 is 0 Å². The van der Waals surface area contributed by atoms with Gasteiger partial charge in [0, 0.05) is 0 Å². The first-order valence-electron chi connectivity index (χ1n) is 2.80. The van der Waals surface area contributed by atoms with E-state index in [1.54, 1.807) is 0 Å². The van der Waals surface area contributed by atoms with Gasteiger partial charge in [-0.2, -0.15) is 0 Å². The third-order valence-corrected chi connectivity index (χ3v) is 0. The molecule has 0 aromatic rings. The molecule has 9 heteroatoms. The van der Waals surface area contributed by atoms with Crippen molar-refractivity contribution in [3.63, 3.8) is 0 Å². The molecule has 0 bridgehead atoms. The van der Waals surface area contributed by atoms with Gasteiger partial charge in [-0.15, -0.1) is 0 Å². The zero-order valence-electron chi connectivity index (χ0n) is 9.16. The third kappa shape index (κ3) is 4360. The van der Waals surface area contributed by atoms with Crippen LogP contribution in [0, 0.1) is 0 Å². The van der Waals surface area contributed by atoms with Crippen molar-refractivity contribution in [3.05, 3.63) is 0 Å². The quantitative estimate of drug-likeness (QED) is 0.249. The second-order valence-electron chi connectivity index (χ2n) is 3.64. The summed E-state index contributed by atoms with van der Waals surface area (Å²) in [6.07, 6.45) is 0. The minimum absolute atomic E-state index is 0. The molecule has 82 valence electrons. The fourth-order valence-electron chi connectivity index (χ4n) is 0. The van der Waals surface area contributed by atoms with E-state index in [-0.39, 0.29) is 20.3 Å². The SMILES string of the molecule is C[N+](C)(C)C.F[P-](F)(F)(F)(F)F.[H-].[Li+]. The Morgan fingerprint density at radius 3 is 0.769 bits per heavy atom. The predicted octanol–water partition coefficient (Wildman–Crippen LogP) is 0.821. The van der Waals surface area contributed by atoms with Crippen LogP contribution in [0.25, 0.3) is 0 Å². The zero-order chi connectivity index (χ0) is 10.9. The van der Waals surface area contributed by atoms with Gasteiger partial charge in [0.25, 0.3) is 0 Å². The molecule has 0 aliphatic heterocycles. The van der Waals surface area contributed by atoms with Gasteiger partial charge in [0.15, 0.2) is 0 Å². The van der Waals surface area contributed by atoms with Crippen molar-refractivity contribution in [2.75, 3.05) is 28.2 Å². The number of quaternary nitrogens is 1. The standard InChI is InChI=1S/C4H12N.F6P.Li.H/c1-5(2,3)4;1-7(2,3,4,5)6;;/h1-4H3;;;/q+1;-1;+1;-1. The van der Waals surface area contributed by atoms with Crippen molar-refractivity contribution in [3.8, 4) is 0 Å². The average Bonchev–Trinajstić information content (AvgIpc) is 1.04. The molecule has 0 atom stereocenters. The monoisotopic (exact) mass is 227 g/mol. The van der Waals surface area contributed by atoms with Crippen LogP contribution in [0.2, 0.25) is 0 Å². The van der Waals surface area contributed by atoms with E-state index in [4.69, 9.17) is 0 Å². The van der Waals surface area contributed by atoms with Gasteiger partial charge >= 0.3 is 51.9 Å². The molecular weight excluding hydrogens is 214 g/mol. The Morgan fingerprint density at radius 1 is 0.769 bits per heavy atom. The molecule has 0 fully saturated rings. The summed E-state index contributed by atoms with van der Waals surface area (Å²) in [5.41, 5.74) is 0. The van der Waals surface area contributed by atoms with Crippen molar-refractivity contribution >= 4 is 7.81 Å². The Bertz CT molecular complexity index is 140. The van der Waals surface area contributed by atoms with Crippen LogP contribution in [0.1, 0.15) is 1.43 Å². The molecule has 0 radical (unpaired) electrons. The minimum Gasteiger partial charge on any atom is -1.00 e. The maximum Gasteiger partial charge on any atom is 1.00 e. The van der Waals surface area contributed by atoms with E-state index in [0.717, 1.165) is 4.48 Å². The summed E-state index contributed by atoms with van der Waals surface area (Å²) in [6, 6.07) is 0. The van der Waals surface area contributed by atoms with Gasteiger partial charge in [0.05, 0.1) is 28.2 Å². The van der Waals surface area contributed by atoms with Crippen molar-refractivity contribution in [1.29, 1.82) is 0 Å². The Balaban J connectivity index is -0.0000000651. The van der Waals surface area contributed by atoms with Crippen molar-refractivity contribution < 1.29 is 50.0 Å². The van der Waals surface area contributed by atoms with E-state index in [1.807, 2.05) is 0 Å². The first kappa shape index (κ1) is 19.2. The third-order valence-electron chi connectivity index (χ3n) is 0. The van der Waals surface area contributed by atoms with Crippen LogP contribution >= 0.6 is 7.81 Å². The Kier molecular flexibility index (Phi) is 5.34. The van der Waals surface area contributed by atoms with E-state index in [0.29, 0.717) is 0 Å². The topological polar surface area (TPSA) is 0 Å². The summed E-state index contributed by atoms with van der Waals surface area (Å²) >= 11 is 0. The van der Waals surface area contributed by atoms with Gasteiger partial charge in [-0.3, -0.25) is 0 Å². The van der Waals surface area contributed by atoms with Crippen molar-refractivity contribution in [2.24, 2.45) is 0 Å². The molecule has 0 aliphatic rings. The Hall–Kier alpha value is 0.567. The van der Waals surface area contributed by atoms with Crippen molar-refractivity contribution in [1.82, 2.24) is 0 Å². The van der Waals surface area contributed by atoms with Gasteiger partial charge in [-0.05, 0) is 0 Å². The van der Waals surface area contributed by atoms with Crippen LogP contribution in [0.4, 0.5) is 25.2 Å². The molecule has 0 aromatic carbocycles. The Morgan fingerprint density at radius 2 is 0.769 bits per heavy atom. The van der Waals surface area contributed by atoms with Gasteiger partial charge in [0.2, 0.25) is 0 Å². The molecule has 0 saturated carbocycles. The molecular formula is C4H13F6LiNP. The van der Waals surface area contributed by atoms with Crippen LogP contribution in [0.3, 0.4) is 0 Å². The number of hydrogen-bond donors (Lipinski definition) is 0. The van der Waals surface area contributed by atoms with Crippen molar-refractivity contribution in [2.45, 2.75) is 0 Å². The zero-order valence-corrected chi connectivity index (χ0v) is 9.06. The molecule has 0 N–H and O–H groups in total. The van der Waals surface area contributed by atoms with Crippen LogP contribution in [-0.4, -0.2) is 32.7 Å². The summed E-state index contributed by atoms with van der Waals surface area (Å²) in [5, 5.41) is 0. The first-order valence-corrected chi connectivity index (χ1v) is 4.83. The Labute approximate surface area is 86.6 Å². The average molecular weight is 227 g/mol. The van der Waals surface area contributed by atoms with Crippen LogP contribution < -0.4 is 18.9 Å². The molecule has 1 nitrogen and oxygen atoms in total. The van der Waals surface area contributed by atoms with Gasteiger partial charge in [0.1, 0.15) is 0 Å². The number of nitrogens with zero attached hydrogens (tertiary/aromatic N) is 1. The number of rotatable bonds is 0. The fraction of sp³-hybridized carbons (Fsp3) is 1.00. The largest absolute Gasteiger partial charge is 1.00 e. The second-order valence-corrected chi connectivity index (χ2v) is 5.56. The van der Waals surface area contributed by atoms with Gasteiger partial charge in [-0.25, -0.2) is 0 Å². The first-order chi connectivity index (χ1) is 4.45. The summed E-state index contributed by atoms with van der Waals surface area (Å²) in [5.74, 6) is 0. The van der Waals surface area contributed by atoms with E-state index in [1.165, 1.54) is 0 Å². The number of hydrogen-bond acceptors (Lipinski definition) is 0. The van der Waals surface area contributed by atoms with Crippen LogP contribution in [0.5, 0.6) is 0 Å². The smallest absolute Gasteiger partial charge is 1.00 e. The normalized spacial score (nSPS) is 17.1.